The Kier molecular flexibility index (Phi) is 10.4. The Bertz CT molecular complexity index is 954. The molecule has 1 aromatic rings. The quantitative estimate of drug-likeness (QED) is 0.195. The lowest BCUT2D eigenvalue weighted by molar-refractivity contribution is -0.144. The second-order valence-corrected chi connectivity index (χ2v) is 10.0. The van der Waals surface area contributed by atoms with Crippen LogP contribution in [0.2, 0.25) is 0 Å². The zero-order chi connectivity index (χ0) is 25.3. The van der Waals surface area contributed by atoms with Crippen LogP contribution in [-0.2, 0) is 33.9 Å². The average Bonchev–Trinajstić information content (AvgIpc) is 3.57. The van der Waals surface area contributed by atoms with Crippen molar-refractivity contribution in [2.24, 2.45) is 5.92 Å². The maximum atomic E-state index is 13.0. The SMILES string of the molecule is CCOC(=O)C1OC1C(=O)NC(CC(C)C)C(=O)NCCCCNS(=O)(=O)c1ccc(F)cc1. The van der Waals surface area contributed by atoms with Crippen LogP contribution >= 0.6 is 0 Å². The Morgan fingerprint density at radius 1 is 1.09 bits per heavy atom. The van der Waals surface area contributed by atoms with Crippen molar-refractivity contribution in [1.29, 1.82) is 0 Å². The number of rotatable bonds is 14. The molecule has 190 valence electrons. The zero-order valence-corrected chi connectivity index (χ0v) is 20.3. The van der Waals surface area contributed by atoms with Gasteiger partial charge in [0.05, 0.1) is 11.5 Å². The molecular formula is C22H32FN3O7S. The molecule has 1 saturated heterocycles. The smallest absolute Gasteiger partial charge is 0.338 e. The largest absolute Gasteiger partial charge is 0.464 e. The molecule has 2 amide bonds. The molecule has 0 saturated carbocycles. The predicted octanol–water partition coefficient (Wildman–Crippen LogP) is 0.862. The zero-order valence-electron chi connectivity index (χ0n) is 19.5. The van der Waals surface area contributed by atoms with E-state index in [-0.39, 0.29) is 36.4 Å². The molecule has 1 aliphatic rings. The van der Waals surface area contributed by atoms with Gasteiger partial charge in [-0.05, 0) is 56.4 Å². The standard InChI is InChI=1S/C22H32FN3O7S/c1-4-32-22(29)19-18(33-19)21(28)26-17(13-14(2)3)20(27)24-11-5-6-12-25-34(30,31)16-9-7-15(23)8-10-16/h7-10,14,17-19,25H,4-6,11-13H2,1-3H3,(H,24,27)(H,26,28). The van der Waals surface area contributed by atoms with Crippen LogP contribution in [0.15, 0.2) is 29.2 Å². The topological polar surface area (TPSA) is 143 Å². The average molecular weight is 502 g/mol. The minimum absolute atomic E-state index is 0.0284. The fraction of sp³-hybridized carbons (Fsp3) is 0.591. The van der Waals surface area contributed by atoms with Gasteiger partial charge in [-0.1, -0.05) is 13.8 Å². The van der Waals surface area contributed by atoms with Crippen molar-refractivity contribution < 1.29 is 36.7 Å². The summed E-state index contributed by atoms with van der Waals surface area (Å²) in [6.07, 6.45) is -0.557. The lowest BCUT2D eigenvalue weighted by Crippen LogP contribution is -2.49. The highest BCUT2D eigenvalue weighted by Gasteiger charge is 2.52. The maximum absolute atomic E-state index is 13.0. The molecule has 1 heterocycles. The molecule has 3 N–H and O–H groups in total. The molecule has 10 nitrogen and oxygen atoms in total. The van der Waals surface area contributed by atoms with Crippen molar-refractivity contribution in [2.75, 3.05) is 19.7 Å². The summed E-state index contributed by atoms with van der Waals surface area (Å²) in [6.45, 7) is 6.09. The van der Waals surface area contributed by atoms with Crippen molar-refractivity contribution in [1.82, 2.24) is 15.4 Å². The van der Waals surface area contributed by atoms with E-state index in [2.05, 4.69) is 15.4 Å². The maximum Gasteiger partial charge on any atom is 0.338 e. The van der Waals surface area contributed by atoms with Crippen LogP contribution in [0.25, 0.3) is 0 Å². The number of epoxide rings is 1. The van der Waals surface area contributed by atoms with E-state index in [0.29, 0.717) is 19.3 Å². The molecule has 3 atom stereocenters. The van der Waals surface area contributed by atoms with Gasteiger partial charge in [0.25, 0.3) is 5.91 Å². The summed E-state index contributed by atoms with van der Waals surface area (Å²) in [4.78, 5) is 36.5. The van der Waals surface area contributed by atoms with Crippen molar-refractivity contribution in [3.05, 3.63) is 30.1 Å². The first-order chi connectivity index (χ1) is 16.0. The van der Waals surface area contributed by atoms with E-state index in [9.17, 15) is 27.2 Å². The Balaban J connectivity index is 1.73. The molecular weight excluding hydrogens is 469 g/mol. The second-order valence-electron chi connectivity index (χ2n) is 8.27. The summed E-state index contributed by atoms with van der Waals surface area (Å²) < 4.78 is 49.6. The van der Waals surface area contributed by atoms with Gasteiger partial charge in [-0.3, -0.25) is 9.59 Å². The van der Waals surface area contributed by atoms with Gasteiger partial charge >= 0.3 is 5.97 Å². The predicted molar refractivity (Wildman–Crippen MR) is 121 cm³/mol. The molecule has 12 heteroatoms. The van der Waals surface area contributed by atoms with Gasteiger partial charge in [0.2, 0.25) is 15.9 Å². The highest BCUT2D eigenvalue weighted by Crippen LogP contribution is 2.24. The molecule has 0 radical (unpaired) electrons. The van der Waals surface area contributed by atoms with Crippen LogP contribution in [0.1, 0.15) is 40.0 Å². The summed E-state index contributed by atoms with van der Waals surface area (Å²) in [5, 5.41) is 5.37. The Morgan fingerprint density at radius 3 is 2.35 bits per heavy atom. The van der Waals surface area contributed by atoms with E-state index in [1.807, 2.05) is 13.8 Å². The lowest BCUT2D eigenvalue weighted by atomic mass is 10.0. The molecule has 1 fully saturated rings. The van der Waals surface area contributed by atoms with Crippen molar-refractivity contribution in [3.8, 4) is 0 Å². The molecule has 2 rings (SSSR count). The van der Waals surface area contributed by atoms with Gasteiger partial charge in [0.15, 0.2) is 12.2 Å². The third-order valence-electron chi connectivity index (χ3n) is 4.93. The van der Waals surface area contributed by atoms with E-state index in [0.717, 1.165) is 12.1 Å². The van der Waals surface area contributed by atoms with Crippen molar-refractivity contribution in [3.63, 3.8) is 0 Å². The molecule has 1 aromatic carbocycles. The molecule has 0 aromatic heterocycles. The fourth-order valence-corrected chi connectivity index (χ4v) is 4.23. The van der Waals surface area contributed by atoms with E-state index in [1.165, 1.54) is 12.1 Å². The van der Waals surface area contributed by atoms with Crippen LogP contribution < -0.4 is 15.4 Å². The summed E-state index contributed by atoms with van der Waals surface area (Å²) in [5.41, 5.74) is 0. The van der Waals surface area contributed by atoms with Crippen LogP contribution in [0.4, 0.5) is 4.39 Å². The molecule has 0 bridgehead atoms. The van der Waals surface area contributed by atoms with Crippen LogP contribution in [0.5, 0.6) is 0 Å². The first kappa shape index (κ1) is 27.7. The van der Waals surface area contributed by atoms with Crippen LogP contribution in [-0.4, -0.2) is 64.1 Å². The normalized spacial score (nSPS) is 18.3. The van der Waals surface area contributed by atoms with Gasteiger partial charge in [0.1, 0.15) is 11.9 Å². The Hall–Kier alpha value is -2.57. The molecule has 0 spiro atoms. The first-order valence-electron chi connectivity index (χ1n) is 11.2. The summed E-state index contributed by atoms with van der Waals surface area (Å²) in [7, 11) is -3.73. The van der Waals surface area contributed by atoms with Gasteiger partial charge in [-0.25, -0.2) is 22.3 Å². The lowest BCUT2D eigenvalue weighted by Gasteiger charge is -2.20. The number of carbonyl (C=O) groups is 3. The molecule has 1 aliphatic heterocycles. The molecule has 34 heavy (non-hydrogen) atoms. The van der Waals surface area contributed by atoms with Crippen molar-refractivity contribution in [2.45, 2.75) is 63.2 Å². The molecule has 0 aliphatic carbocycles. The van der Waals surface area contributed by atoms with Crippen LogP contribution in [0.3, 0.4) is 0 Å². The Labute approximate surface area is 199 Å². The highest BCUT2D eigenvalue weighted by molar-refractivity contribution is 7.89. The van der Waals surface area contributed by atoms with Gasteiger partial charge < -0.3 is 20.1 Å². The first-order valence-corrected chi connectivity index (χ1v) is 12.7. The number of unbranched alkanes of at least 4 members (excludes halogenated alkanes) is 1. The Morgan fingerprint density at radius 2 is 1.74 bits per heavy atom. The number of ether oxygens (including phenoxy) is 2. The number of carbonyl (C=O) groups excluding carboxylic acids is 3. The minimum Gasteiger partial charge on any atom is -0.464 e. The minimum atomic E-state index is -3.73. The summed E-state index contributed by atoms with van der Waals surface area (Å²) >= 11 is 0. The fourth-order valence-electron chi connectivity index (χ4n) is 3.16. The third-order valence-corrected chi connectivity index (χ3v) is 6.40. The van der Waals surface area contributed by atoms with E-state index < -0.39 is 46.0 Å². The number of nitrogens with one attached hydrogen (secondary N) is 3. The van der Waals surface area contributed by atoms with Gasteiger partial charge in [-0.2, -0.15) is 0 Å². The van der Waals surface area contributed by atoms with E-state index in [4.69, 9.17) is 9.47 Å². The number of amides is 2. The van der Waals surface area contributed by atoms with E-state index in [1.54, 1.807) is 6.92 Å². The van der Waals surface area contributed by atoms with Crippen molar-refractivity contribution >= 4 is 27.8 Å². The number of hydrogen-bond acceptors (Lipinski definition) is 7. The third kappa shape index (κ3) is 8.65. The number of benzene rings is 1. The number of sulfonamides is 1. The summed E-state index contributed by atoms with van der Waals surface area (Å²) in [5.74, 6) is -1.93. The van der Waals surface area contributed by atoms with Gasteiger partial charge in [-0.15, -0.1) is 0 Å². The monoisotopic (exact) mass is 501 g/mol. The highest BCUT2D eigenvalue weighted by atomic mass is 32.2. The van der Waals surface area contributed by atoms with E-state index >= 15 is 0 Å². The summed E-state index contributed by atoms with van der Waals surface area (Å²) in [6, 6.07) is 3.72. The van der Waals surface area contributed by atoms with Gasteiger partial charge in [0, 0.05) is 13.1 Å². The number of esters is 1. The number of hydrogen-bond donors (Lipinski definition) is 3. The molecule has 3 unspecified atom stereocenters. The van der Waals surface area contributed by atoms with Crippen LogP contribution in [0, 0.1) is 11.7 Å². The number of halogens is 1. The second kappa shape index (κ2) is 12.8.